The summed E-state index contributed by atoms with van der Waals surface area (Å²) < 4.78 is 1.58. The van der Waals surface area contributed by atoms with Gasteiger partial charge in [0.25, 0.3) is 0 Å². The van der Waals surface area contributed by atoms with Crippen molar-refractivity contribution in [3.05, 3.63) is 42.2 Å². The van der Waals surface area contributed by atoms with E-state index in [9.17, 15) is 4.79 Å². The number of carbonyl (C=O) groups is 1. The number of benzene rings is 1. The Morgan fingerprint density at radius 3 is 2.45 bits per heavy atom. The van der Waals surface area contributed by atoms with E-state index in [1.165, 1.54) is 19.2 Å². The van der Waals surface area contributed by atoms with Crippen LogP contribution in [0.4, 0.5) is 0 Å². The zero-order valence-corrected chi connectivity index (χ0v) is 12.6. The van der Waals surface area contributed by atoms with E-state index in [1.807, 2.05) is 35.2 Å². The molecule has 1 aliphatic rings. The van der Waals surface area contributed by atoms with Crippen molar-refractivity contribution in [1.29, 1.82) is 0 Å². The van der Waals surface area contributed by atoms with Crippen molar-refractivity contribution in [3.8, 4) is 0 Å². The molecular weight excluding hydrogens is 278 g/mol. The van der Waals surface area contributed by atoms with Crippen molar-refractivity contribution in [3.63, 3.8) is 0 Å². The summed E-state index contributed by atoms with van der Waals surface area (Å²) in [7, 11) is 0. The third-order valence-electron chi connectivity index (χ3n) is 4.16. The molecule has 6 heteroatoms. The fourth-order valence-corrected chi connectivity index (χ4v) is 2.94. The topological polar surface area (TPSA) is 63.9 Å². The largest absolute Gasteiger partial charge is 0.341 e. The highest BCUT2D eigenvalue weighted by Crippen LogP contribution is 2.19. The molecule has 0 saturated carbocycles. The fraction of sp³-hybridized carbons (Fsp3) is 0.500. The van der Waals surface area contributed by atoms with Gasteiger partial charge in [-0.3, -0.25) is 4.79 Å². The number of nitrogens with zero attached hydrogens (tertiary/aromatic N) is 5. The number of hydrogen-bond acceptors (Lipinski definition) is 4. The lowest BCUT2D eigenvalue weighted by Gasteiger charge is -2.25. The summed E-state index contributed by atoms with van der Waals surface area (Å²) >= 11 is 0. The molecule has 22 heavy (non-hydrogen) atoms. The van der Waals surface area contributed by atoms with Crippen LogP contribution in [0.1, 0.15) is 37.3 Å². The van der Waals surface area contributed by atoms with Crippen molar-refractivity contribution in [2.24, 2.45) is 0 Å². The molecule has 0 spiro atoms. The highest BCUT2D eigenvalue weighted by Gasteiger charge is 2.27. The van der Waals surface area contributed by atoms with E-state index in [-0.39, 0.29) is 11.9 Å². The van der Waals surface area contributed by atoms with Crippen molar-refractivity contribution in [2.45, 2.75) is 38.1 Å². The van der Waals surface area contributed by atoms with Crippen LogP contribution in [0, 0.1) is 0 Å². The Labute approximate surface area is 130 Å². The minimum Gasteiger partial charge on any atom is -0.341 e. The molecule has 1 fully saturated rings. The first-order chi connectivity index (χ1) is 10.8. The summed E-state index contributed by atoms with van der Waals surface area (Å²) in [6.07, 6.45) is 6.72. The predicted molar refractivity (Wildman–Crippen MR) is 82.0 cm³/mol. The van der Waals surface area contributed by atoms with Gasteiger partial charge in [0.05, 0.1) is 0 Å². The lowest BCUT2D eigenvalue weighted by atomic mass is 10.0. The molecule has 1 amide bonds. The van der Waals surface area contributed by atoms with Crippen LogP contribution in [0.5, 0.6) is 0 Å². The van der Waals surface area contributed by atoms with Crippen LogP contribution in [0.15, 0.2) is 36.7 Å². The van der Waals surface area contributed by atoms with E-state index in [4.69, 9.17) is 0 Å². The first-order valence-electron chi connectivity index (χ1n) is 7.90. The van der Waals surface area contributed by atoms with E-state index < -0.39 is 0 Å². The maximum absolute atomic E-state index is 13.0. The van der Waals surface area contributed by atoms with Crippen LogP contribution >= 0.6 is 0 Å². The second-order valence-electron chi connectivity index (χ2n) is 5.73. The molecular formula is C16H21N5O. The molecule has 1 saturated heterocycles. The zero-order valence-electron chi connectivity index (χ0n) is 12.6. The Balaban J connectivity index is 1.80. The molecule has 0 aliphatic carbocycles. The van der Waals surface area contributed by atoms with Crippen LogP contribution in [0.2, 0.25) is 0 Å². The quantitative estimate of drug-likeness (QED) is 0.864. The number of tetrazole rings is 1. The Bertz CT molecular complexity index is 576. The summed E-state index contributed by atoms with van der Waals surface area (Å²) in [6, 6.07) is 9.66. The van der Waals surface area contributed by atoms with Gasteiger partial charge in [-0.2, -0.15) is 0 Å². The van der Waals surface area contributed by atoms with E-state index in [1.54, 1.807) is 4.68 Å². The lowest BCUT2D eigenvalue weighted by molar-refractivity contribution is -0.135. The molecule has 6 nitrogen and oxygen atoms in total. The zero-order chi connectivity index (χ0) is 15.2. The number of carbonyl (C=O) groups excluding carboxylic acids is 1. The summed E-state index contributed by atoms with van der Waals surface area (Å²) in [6.45, 7) is 1.68. The van der Waals surface area contributed by atoms with E-state index >= 15 is 0 Å². The normalized spacial score (nSPS) is 17.0. The maximum atomic E-state index is 13.0. The number of rotatable bonds is 4. The molecule has 1 aromatic carbocycles. The van der Waals surface area contributed by atoms with E-state index in [0.29, 0.717) is 6.42 Å². The van der Waals surface area contributed by atoms with Gasteiger partial charge in [0.2, 0.25) is 5.91 Å². The molecule has 0 N–H and O–H groups in total. The summed E-state index contributed by atoms with van der Waals surface area (Å²) in [5, 5.41) is 11.3. The van der Waals surface area contributed by atoms with Gasteiger partial charge in [-0.1, -0.05) is 43.2 Å². The van der Waals surface area contributed by atoms with Crippen LogP contribution in [-0.4, -0.2) is 44.1 Å². The number of hydrogen-bond donors (Lipinski definition) is 0. The van der Waals surface area contributed by atoms with Crippen LogP contribution in [0.25, 0.3) is 0 Å². The second kappa shape index (κ2) is 7.15. The summed E-state index contributed by atoms with van der Waals surface area (Å²) in [4.78, 5) is 14.9. The second-order valence-corrected chi connectivity index (χ2v) is 5.73. The Hall–Kier alpha value is -2.24. The van der Waals surface area contributed by atoms with Crippen LogP contribution in [0.3, 0.4) is 0 Å². The highest BCUT2D eigenvalue weighted by molar-refractivity contribution is 5.80. The van der Waals surface area contributed by atoms with Crippen molar-refractivity contribution >= 4 is 5.91 Å². The summed E-state index contributed by atoms with van der Waals surface area (Å²) in [5.74, 6) is 0.123. The van der Waals surface area contributed by atoms with Gasteiger partial charge in [0.15, 0.2) is 0 Å². The average molecular weight is 299 g/mol. The van der Waals surface area contributed by atoms with Crippen molar-refractivity contribution in [2.75, 3.05) is 13.1 Å². The molecule has 3 rings (SSSR count). The molecule has 2 aromatic rings. The SMILES string of the molecule is O=C(C(Cc1ccccc1)n1cnnn1)N1CCCCCC1. The Morgan fingerprint density at radius 1 is 1.09 bits per heavy atom. The van der Waals surface area contributed by atoms with Crippen molar-refractivity contribution < 1.29 is 4.79 Å². The smallest absolute Gasteiger partial charge is 0.247 e. The standard InChI is InChI=1S/C16H21N5O/c22-16(20-10-6-1-2-7-11-20)15(21-13-17-18-19-21)12-14-8-4-3-5-9-14/h3-5,8-9,13,15H,1-2,6-7,10-12H2. The Morgan fingerprint density at radius 2 is 1.82 bits per heavy atom. The first kappa shape index (κ1) is 14.7. The maximum Gasteiger partial charge on any atom is 0.247 e. The molecule has 1 aromatic heterocycles. The monoisotopic (exact) mass is 299 g/mol. The molecule has 2 heterocycles. The third kappa shape index (κ3) is 3.50. The van der Waals surface area contributed by atoms with Crippen LogP contribution < -0.4 is 0 Å². The minimum atomic E-state index is -0.365. The first-order valence-corrected chi connectivity index (χ1v) is 7.90. The molecule has 1 aliphatic heterocycles. The fourth-order valence-electron chi connectivity index (χ4n) is 2.94. The molecule has 0 bridgehead atoms. The van der Waals surface area contributed by atoms with Crippen molar-refractivity contribution in [1.82, 2.24) is 25.1 Å². The van der Waals surface area contributed by atoms with Gasteiger partial charge < -0.3 is 4.90 Å². The van der Waals surface area contributed by atoms with E-state index in [2.05, 4.69) is 15.5 Å². The minimum absolute atomic E-state index is 0.123. The molecule has 0 radical (unpaired) electrons. The van der Waals surface area contributed by atoms with Gasteiger partial charge in [0, 0.05) is 19.5 Å². The summed E-state index contributed by atoms with van der Waals surface area (Å²) in [5.41, 5.74) is 1.12. The predicted octanol–water partition coefficient (Wildman–Crippen LogP) is 1.86. The Kier molecular flexibility index (Phi) is 4.78. The molecule has 1 unspecified atom stereocenters. The number of likely N-dealkylation sites (tertiary alicyclic amines) is 1. The molecule has 1 atom stereocenters. The van der Waals surface area contributed by atoms with Gasteiger partial charge >= 0.3 is 0 Å². The average Bonchev–Trinajstić information content (AvgIpc) is 2.95. The highest BCUT2D eigenvalue weighted by atomic mass is 16.2. The van der Waals surface area contributed by atoms with Gasteiger partial charge in [-0.15, -0.1) is 5.10 Å². The lowest BCUT2D eigenvalue weighted by Crippen LogP contribution is -2.39. The molecule has 116 valence electrons. The van der Waals surface area contributed by atoms with Gasteiger partial charge in [0.1, 0.15) is 12.4 Å². The number of amides is 1. The third-order valence-corrected chi connectivity index (χ3v) is 4.16. The van der Waals surface area contributed by atoms with Gasteiger partial charge in [-0.05, 0) is 28.8 Å². The van der Waals surface area contributed by atoms with E-state index in [0.717, 1.165) is 31.5 Å². The van der Waals surface area contributed by atoms with Crippen LogP contribution in [-0.2, 0) is 11.2 Å². The van der Waals surface area contributed by atoms with Gasteiger partial charge in [-0.25, -0.2) is 4.68 Å². The number of aromatic nitrogens is 4.